The summed E-state index contributed by atoms with van der Waals surface area (Å²) in [5, 5.41) is 1.22. The van der Waals surface area contributed by atoms with Crippen molar-refractivity contribution in [3.05, 3.63) is 59.2 Å². The minimum Gasteiger partial charge on any atom is -0.437 e. The molecule has 0 aliphatic carbocycles. The Balaban J connectivity index is 2.04. The third kappa shape index (κ3) is 3.17. The van der Waals surface area contributed by atoms with Gasteiger partial charge in [0.05, 0.1) is 16.3 Å². The number of hydrogen-bond acceptors (Lipinski definition) is 2. The highest BCUT2D eigenvalue weighted by Crippen LogP contribution is 2.38. The molecule has 0 atom stereocenters. The second kappa shape index (κ2) is 6.40. The lowest BCUT2D eigenvalue weighted by Crippen LogP contribution is -2.31. The van der Waals surface area contributed by atoms with Gasteiger partial charge in [-0.3, -0.25) is 0 Å². The Kier molecular flexibility index (Phi) is 4.25. The first kappa shape index (κ1) is 18.6. The maximum Gasteiger partial charge on any atom is 0.227 e. The molecule has 0 saturated heterocycles. The van der Waals surface area contributed by atoms with E-state index in [1.54, 1.807) is 6.07 Å². The minimum absolute atomic E-state index is 0.186. The third-order valence-electron chi connectivity index (χ3n) is 5.10. The summed E-state index contributed by atoms with van der Waals surface area (Å²) in [5.41, 5.74) is 6.12. The Morgan fingerprint density at radius 1 is 1.11 bits per heavy atom. The lowest BCUT2D eigenvalue weighted by atomic mass is 9.87. The first-order valence-corrected chi connectivity index (χ1v) is 9.62. The van der Waals surface area contributed by atoms with Crippen molar-refractivity contribution < 1.29 is 13.4 Å². The van der Waals surface area contributed by atoms with Crippen molar-refractivity contribution in [1.29, 1.82) is 0 Å². The normalized spacial score (nSPS) is 12.2. The van der Waals surface area contributed by atoms with Crippen LogP contribution in [0.3, 0.4) is 0 Å². The average Bonchev–Trinajstić information content (AvgIpc) is 2.94. The second-order valence-electron chi connectivity index (χ2n) is 8.93. The van der Waals surface area contributed by atoms with Crippen LogP contribution in [0.1, 0.15) is 37.6 Å². The molecule has 28 heavy (non-hydrogen) atoms. The Morgan fingerprint density at radius 2 is 1.86 bits per heavy atom. The topological polar surface area (TPSA) is 29.9 Å². The molecule has 4 aromatic rings. The molecular formula is C24H26FN2O+. The van der Waals surface area contributed by atoms with Crippen LogP contribution in [0.4, 0.5) is 4.39 Å². The van der Waals surface area contributed by atoms with E-state index < -0.39 is 0 Å². The van der Waals surface area contributed by atoms with Gasteiger partial charge in [-0.1, -0.05) is 20.8 Å². The van der Waals surface area contributed by atoms with Gasteiger partial charge in [-0.2, -0.15) is 0 Å². The van der Waals surface area contributed by atoms with Gasteiger partial charge in [0.1, 0.15) is 12.9 Å². The van der Waals surface area contributed by atoms with E-state index in [2.05, 4.69) is 48.7 Å². The molecule has 0 N–H and O–H groups in total. The number of nitrogens with zero attached hydrogens (tertiary/aromatic N) is 2. The van der Waals surface area contributed by atoms with Crippen LogP contribution in [-0.2, 0) is 13.5 Å². The van der Waals surface area contributed by atoms with Crippen LogP contribution in [0.25, 0.3) is 33.3 Å². The van der Waals surface area contributed by atoms with E-state index in [0.29, 0.717) is 22.1 Å². The predicted octanol–water partition coefficient (Wildman–Crippen LogP) is 5.82. The van der Waals surface area contributed by atoms with E-state index in [9.17, 15) is 4.39 Å². The van der Waals surface area contributed by atoms with Gasteiger partial charge in [0, 0.05) is 17.8 Å². The Hall–Kier alpha value is -2.75. The van der Waals surface area contributed by atoms with Gasteiger partial charge in [-0.05, 0) is 55.0 Å². The van der Waals surface area contributed by atoms with Gasteiger partial charge in [0.15, 0.2) is 11.8 Å². The number of hydrogen-bond donors (Lipinski definition) is 0. The molecule has 4 rings (SSSR count). The fourth-order valence-corrected chi connectivity index (χ4v) is 3.90. The van der Waals surface area contributed by atoms with Crippen LogP contribution < -0.4 is 4.57 Å². The molecule has 0 bridgehead atoms. The van der Waals surface area contributed by atoms with Crippen molar-refractivity contribution in [3.63, 3.8) is 0 Å². The Labute approximate surface area is 164 Å². The highest BCUT2D eigenvalue weighted by atomic mass is 19.1. The van der Waals surface area contributed by atoms with Crippen LogP contribution in [0.15, 0.2) is 40.9 Å². The van der Waals surface area contributed by atoms with Crippen LogP contribution in [0.2, 0.25) is 0 Å². The van der Waals surface area contributed by atoms with Gasteiger partial charge < -0.3 is 4.42 Å². The lowest BCUT2D eigenvalue weighted by Gasteiger charge is -2.18. The van der Waals surface area contributed by atoms with E-state index >= 15 is 0 Å². The van der Waals surface area contributed by atoms with E-state index in [1.165, 1.54) is 5.56 Å². The molecule has 1 aromatic carbocycles. The largest absolute Gasteiger partial charge is 0.437 e. The van der Waals surface area contributed by atoms with Gasteiger partial charge in [-0.15, -0.1) is 0 Å². The van der Waals surface area contributed by atoms with Gasteiger partial charge >= 0.3 is 0 Å². The van der Waals surface area contributed by atoms with Crippen LogP contribution in [0, 0.1) is 25.1 Å². The number of furan rings is 1. The van der Waals surface area contributed by atoms with Crippen molar-refractivity contribution >= 4 is 22.1 Å². The standard InChI is InChI=1S/C24H26FN2O/c1-14-11-18(25)21-17-8-7-15(2)26-23(17)28-22(21)20(14)19-12-16(9-10-27(19)6)13-24(3,4)5/h7-12H,13H2,1-6H3/q+1. The molecular weight excluding hydrogens is 351 g/mol. The number of halogens is 1. The molecule has 4 heteroatoms. The smallest absolute Gasteiger partial charge is 0.227 e. The van der Waals surface area contributed by atoms with E-state index in [-0.39, 0.29) is 11.2 Å². The quantitative estimate of drug-likeness (QED) is 0.412. The molecule has 0 unspecified atom stereocenters. The summed E-state index contributed by atoms with van der Waals surface area (Å²) in [5.74, 6) is -0.269. The molecule has 3 heterocycles. The molecule has 0 aliphatic heterocycles. The molecule has 0 radical (unpaired) electrons. The number of aromatic nitrogens is 2. The van der Waals surface area contributed by atoms with Crippen LogP contribution in [-0.4, -0.2) is 4.98 Å². The number of rotatable bonds is 2. The van der Waals surface area contributed by atoms with Crippen molar-refractivity contribution in [2.75, 3.05) is 0 Å². The molecule has 0 fully saturated rings. The molecule has 0 aliphatic rings. The summed E-state index contributed by atoms with van der Waals surface area (Å²) in [6.07, 6.45) is 3.03. The van der Waals surface area contributed by atoms with E-state index in [4.69, 9.17) is 4.42 Å². The highest BCUT2D eigenvalue weighted by Gasteiger charge is 2.25. The summed E-state index contributed by atoms with van der Waals surface area (Å²) >= 11 is 0. The first-order valence-electron chi connectivity index (χ1n) is 9.62. The zero-order valence-electron chi connectivity index (χ0n) is 17.4. The summed E-state index contributed by atoms with van der Waals surface area (Å²) in [6.45, 7) is 10.5. The van der Waals surface area contributed by atoms with Crippen molar-refractivity contribution in [2.45, 2.75) is 41.0 Å². The maximum atomic E-state index is 14.9. The van der Waals surface area contributed by atoms with Crippen molar-refractivity contribution in [3.8, 4) is 11.3 Å². The zero-order chi connectivity index (χ0) is 20.2. The fraction of sp³-hybridized carbons (Fsp3) is 0.333. The molecule has 0 amide bonds. The predicted molar refractivity (Wildman–Crippen MR) is 111 cm³/mol. The minimum atomic E-state index is -0.269. The number of benzene rings is 1. The summed E-state index contributed by atoms with van der Waals surface area (Å²) in [6, 6.07) is 9.72. The van der Waals surface area contributed by atoms with Crippen LogP contribution >= 0.6 is 0 Å². The van der Waals surface area contributed by atoms with E-state index in [0.717, 1.165) is 28.9 Å². The lowest BCUT2D eigenvalue weighted by molar-refractivity contribution is -0.660. The average molecular weight is 377 g/mol. The van der Waals surface area contributed by atoms with Crippen LogP contribution in [0.5, 0.6) is 0 Å². The number of pyridine rings is 2. The Morgan fingerprint density at radius 3 is 2.57 bits per heavy atom. The zero-order valence-corrected chi connectivity index (χ0v) is 17.4. The molecule has 3 aromatic heterocycles. The highest BCUT2D eigenvalue weighted by molar-refractivity contribution is 6.09. The fourth-order valence-electron chi connectivity index (χ4n) is 3.90. The number of aryl methyl sites for hydroxylation is 3. The maximum absolute atomic E-state index is 14.9. The van der Waals surface area contributed by atoms with Crippen molar-refractivity contribution in [2.24, 2.45) is 12.5 Å². The van der Waals surface area contributed by atoms with E-state index in [1.807, 2.05) is 33.0 Å². The second-order valence-corrected chi connectivity index (χ2v) is 8.93. The SMILES string of the molecule is Cc1ccc2c(n1)oc1c(-c3cc(CC(C)(C)C)cc[n+]3C)c(C)cc(F)c12. The first-order chi connectivity index (χ1) is 13.1. The van der Waals surface area contributed by atoms with Gasteiger partial charge in [0.25, 0.3) is 0 Å². The summed E-state index contributed by atoms with van der Waals surface area (Å²) in [4.78, 5) is 4.47. The Bertz CT molecular complexity index is 1220. The molecule has 0 spiro atoms. The number of fused-ring (bicyclic) bond motifs is 3. The van der Waals surface area contributed by atoms with Gasteiger partial charge in [-0.25, -0.2) is 13.9 Å². The molecule has 0 saturated carbocycles. The summed E-state index contributed by atoms with van der Waals surface area (Å²) < 4.78 is 23.1. The van der Waals surface area contributed by atoms with Gasteiger partial charge in [0.2, 0.25) is 11.4 Å². The monoisotopic (exact) mass is 377 g/mol. The molecule has 3 nitrogen and oxygen atoms in total. The third-order valence-corrected chi connectivity index (χ3v) is 5.10. The summed E-state index contributed by atoms with van der Waals surface area (Å²) in [7, 11) is 2.01. The van der Waals surface area contributed by atoms with Crippen molar-refractivity contribution in [1.82, 2.24) is 4.98 Å². The molecule has 144 valence electrons.